The van der Waals surface area contributed by atoms with Gasteiger partial charge in [-0.1, -0.05) is 17.7 Å². The first kappa shape index (κ1) is 14.1. The molecule has 3 nitrogen and oxygen atoms in total. The highest BCUT2D eigenvalue weighted by Crippen LogP contribution is 2.24. The highest BCUT2D eigenvalue weighted by atomic mass is 16.2. The van der Waals surface area contributed by atoms with E-state index >= 15 is 0 Å². The van der Waals surface area contributed by atoms with Crippen LogP contribution in [0.4, 0.5) is 0 Å². The largest absolute Gasteiger partial charge is 0.336 e. The van der Waals surface area contributed by atoms with Gasteiger partial charge in [0.1, 0.15) is 0 Å². The number of aryl methyl sites for hydroxylation is 2. The minimum Gasteiger partial charge on any atom is -0.336 e. The van der Waals surface area contributed by atoms with Crippen molar-refractivity contribution in [2.24, 2.45) is 11.7 Å². The molecule has 0 spiro atoms. The molecule has 1 aliphatic heterocycles. The van der Waals surface area contributed by atoms with Crippen LogP contribution in [0.5, 0.6) is 0 Å². The van der Waals surface area contributed by atoms with E-state index in [0.717, 1.165) is 30.5 Å². The minimum atomic E-state index is 0.156. The zero-order valence-corrected chi connectivity index (χ0v) is 12.1. The fraction of sp³-hybridized carbons (Fsp3) is 0.562. The molecular formula is C16H24N2O. The molecule has 104 valence electrons. The van der Waals surface area contributed by atoms with E-state index in [2.05, 4.69) is 19.9 Å². The molecular weight excluding hydrogens is 236 g/mol. The quantitative estimate of drug-likeness (QED) is 0.888. The Morgan fingerprint density at radius 1 is 1.37 bits per heavy atom. The van der Waals surface area contributed by atoms with E-state index in [4.69, 9.17) is 5.73 Å². The van der Waals surface area contributed by atoms with Gasteiger partial charge in [-0.15, -0.1) is 0 Å². The molecule has 0 aliphatic carbocycles. The average molecular weight is 260 g/mol. The van der Waals surface area contributed by atoms with Crippen molar-refractivity contribution in [3.8, 4) is 0 Å². The molecule has 1 aliphatic rings. The maximum atomic E-state index is 12.7. The second kappa shape index (κ2) is 5.74. The predicted molar refractivity (Wildman–Crippen MR) is 78.2 cm³/mol. The van der Waals surface area contributed by atoms with Crippen LogP contribution in [0.3, 0.4) is 0 Å². The van der Waals surface area contributed by atoms with Crippen LogP contribution in [0.15, 0.2) is 18.2 Å². The van der Waals surface area contributed by atoms with Gasteiger partial charge in [0.2, 0.25) is 0 Å². The molecule has 1 fully saturated rings. The van der Waals surface area contributed by atoms with E-state index in [9.17, 15) is 4.79 Å². The molecule has 1 saturated heterocycles. The lowest BCUT2D eigenvalue weighted by Gasteiger charge is -2.38. The first-order chi connectivity index (χ1) is 9.02. The highest BCUT2D eigenvalue weighted by Gasteiger charge is 2.29. The van der Waals surface area contributed by atoms with Gasteiger partial charge in [0, 0.05) is 18.2 Å². The predicted octanol–water partition coefficient (Wildman–Crippen LogP) is 2.50. The van der Waals surface area contributed by atoms with Crippen LogP contribution in [0.1, 0.15) is 41.3 Å². The normalized spacial score (nSPS) is 23.5. The molecule has 2 unspecified atom stereocenters. The molecule has 2 rings (SSSR count). The zero-order valence-electron chi connectivity index (χ0n) is 12.1. The summed E-state index contributed by atoms with van der Waals surface area (Å²) in [6.07, 6.45) is 2.19. The number of carbonyl (C=O) groups excluding carboxylic acids is 1. The number of carbonyl (C=O) groups is 1. The number of piperidine rings is 1. The minimum absolute atomic E-state index is 0.156. The molecule has 1 aromatic rings. The van der Waals surface area contributed by atoms with E-state index < -0.39 is 0 Å². The summed E-state index contributed by atoms with van der Waals surface area (Å²) in [7, 11) is 0. The summed E-state index contributed by atoms with van der Waals surface area (Å²) >= 11 is 0. The highest BCUT2D eigenvalue weighted by molar-refractivity contribution is 5.96. The van der Waals surface area contributed by atoms with E-state index in [1.54, 1.807) is 0 Å². The van der Waals surface area contributed by atoms with E-state index in [0.29, 0.717) is 18.5 Å². The number of hydrogen-bond acceptors (Lipinski definition) is 2. The van der Waals surface area contributed by atoms with Crippen molar-refractivity contribution < 1.29 is 4.79 Å². The number of rotatable bonds is 2. The van der Waals surface area contributed by atoms with Crippen LogP contribution in [-0.2, 0) is 0 Å². The van der Waals surface area contributed by atoms with Crippen LogP contribution >= 0.6 is 0 Å². The van der Waals surface area contributed by atoms with E-state index in [1.165, 1.54) is 5.56 Å². The topological polar surface area (TPSA) is 46.3 Å². The van der Waals surface area contributed by atoms with Crippen LogP contribution in [0, 0.1) is 19.8 Å². The van der Waals surface area contributed by atoms with Crippen molar-refractivity contribution in [2.45, 2.75) is 39.7 Å². The molecule has 0 radical (unpaired) electrons. The SMILES string of the molecule is Cc1ccc(C(=O)N2CC(CN)CCC2C)c(C)c1. The Labute approximate surface area is 115 Å². The molecule has 19 heavy (non-hydrogen) atoms. The summed E-state index contributed by atoms with van der Waals surface area (Å²) in [5.41, 5.74) is 8.85. The summed E-state index contributed by atoms with van der Waals surface area (Å²) in [6, 6.07) is 6.35. The number of amides is 1. The third-order valence-corrected chi connectivity index (χ3v) is 4.19. The summed E-state index contributed by atoms with van der Waals surface area (Å²) in [6.45, 7) is 7.66. The lowest BCUT2D eigenvalue weighted by molar-refractivity contribution is 0.0566. The van der Waals surface area contributed by atoms with Crippen molar-refractivity contribution in [1.29, 1.82) is 0 Å². The molecule has 1 amide bonds. The summed E-state index contributed by atoms with van der Waals surface area (Å²) in [5, 5.41) is 0. The van der Waals surface area contributed by atoms with Gasteiger partial charge in [-0.05, 0) is 57.7 Å². The number of nitrogens with two attached hydrogens (primary N) is 1. The van der Waals surface area contributed by atoms with Gasteiger partial charge in [-0.2, -0.15) is 0 Å². The molecule has 2 N–H and O–H groups in total. The summed E-state index contributed by atoms with van der Waals surface area (Å²) in [4.78, 5) is 14.7. The Morgan fingerprint density at radius 2 is 2.11 bits per heavy atom. The maximum absolute atomic E-state index is 12.7. The van der Waals surface area contributed by atoms with Crippen molar-refractivity contribution in [1.82, 2.24) is 4.90 Å². The van der Waals surface area contributed by atoms with Crippen molar-refractivity contribution in [2.75, 3.05) is 13.1 Å². The number of hydrogen-bond donors (Lipinski definition) is 1. The standard InChI is InChI=1S/C16H24N2O/c1-11-4-7-15(12(2)8-11)16(19)18-10-14(9-17)6-5-13(18)3/h4,7-8,13-14H,5-6,9-10,17H2,1-3H3. The van der Waals surface area contributed by atoms with Gasteiger partial charge in [0.05, 0.1) is 0 Å². The Balaban J connectivity index is 2.22. The van der Waals surface area contributed by atoms with Crippen LogP contribution in [0.2, 0.25) is 0 Å². The van der Waals surface area contributed by atoms with Gasteiger partial charge in [0.15, 0.2) is 0 Å². The molecule has 3 heteroatoms. The Hall–Kier alpha value is -1.35. The third kappa shape index (κ3) is 2.98. The first-order valence-corrected chi connectivity index (χ1v) is 7.11. The lowest BCUT2D eigenvalue weighted by Crippen LogP contribution is -2.47. The summed E-state index contributed by atoms with van der Waals surface area (Å²) < 4.78 is 0. The third-order valence-electron chi connectivity index (χ3n) is 4.19. The van der Waals surface area contributed by atoms with Crippen molar-refractivity contribution in [3.63, 3.8) is 0 Å². The molecule has 0 aromatic heterocycles. The number of likely N-dealkylation sites (tertiary alicyclic amines) is 1. The Morgan fingerprint density at radius 3 is 2.74 bits per heavy atom. The lowest BCUT2D eigenvalue weighted by atomic mass is 9.92. The summed E-state index contributed by atoms with van der Waals surface area (Å²) in [5.74, 6) is 0.606. The van der Waals surface area contributed by atoms with Gasteiger partial charge < -0.3 is 10.6 Å². The fourth-order valence-corrected chi connectivity index (χ4v) is 2.87. The fourth-order valence-electron chi connectivity index (χ4n) is 2.87. The van der Waals surface area contributed by atoms with Gasteiger partial charge in [0.25, 0.3) is 5.91 Å². The monoisotopic (exact) mass is 260 g/mol. The molecule has 0 saturated carbocycles. The van der Waals surface area contributed by atoms with Crippen molar-refractivity contribution in [3.05, 3.63) is 34.9 Å². The molecule has 0 bridgehead atoms. The van der Waals surface area contributed by atoms with Gasteiger partial charge >= 0.3 is 0 Å². The van der Waals surface area contributed by atoms with Gasteiger partial charge in [-0.25, -0.2) is 0 Å². The molecule has 1 aromatic carbocycles. The smallest absolute Gasteiger partial charge is 0.254 e. The van der Waals surface area contributed by atoms with Crippen LogP contribution < -0.4 is 5.73 Å². The second-order valence-electron chi connectivity index (χ2n) is 5.80. The molecule has 1 heterocycles. The average Bonchev–Trinajstić information content (AvgIpc) is 2.38. The van der Waals surface area contributed by atoms with Gasteiger partial charge in [-0.3, -0.25) is 4.79 Å². The molecule has 2 atom stereocenters. The Kier molecular flexibility index (Phi) is 4.25. The maximum Gasteiger partial charge on any atom is 0.254 e. The van der Waals surface area contributed by atoms with Crippen molar-refractivity contribution >= 4 is 5.91 Å². The Bertz CT molecular complexity index is 470. The van der Waals surface area contributed by atoms with E-state index in [1.807, 2.05) is 24.0 Å². The number of nitrogens with zero attached hydrogens (tertiary/aromatic N) is 1. The van der Waals surface area contributed by atoms with Crippen LogP contribution in [-0.4, -0.2) is 29.9 Å². The van der Waals surface area contributed by atoms with E-state index in [-0.39, 0.29) is 5.91 Å². The van der Waals surface area contributed by atoms with Crippen LogP contribution in [0.25, 0.3) is 0 Å². The number of benzene rings is 1. The second-order valence-corrected chi connectivity index (χ2v) is 5.80. The first-order valence-electron chi connectivity index (χ1n) is 7.11. The zero-order chi connectivity index (χ0) is 14.0.